The summed E-state index contributed by atoms with van der Waals surface area (Å²) in [5.41, 5.74) is 10.7. The second kappa shape index (κ2) is 12.7. The summed E-state index contributed by atoms with van der Waals surface area (Å²) in [5, 5.41) is 7.62. The first-order valence-electron chi connectivity index (χ1n) is 17.8. The van der Waals surface area contributed by atoms with Crippen molar-refractivity contribution in [1.29, 1.82) is 0 Å². The third-order valence-corrected chi connectivity index (χ3v) is 11.4. The molecule has 1 aromatic heterocycles. The van der Waals surface area contributed by atoms with Gasteiger partial charge in [-0.05, 0) is 91.8 Å². The van der Waals surface area contributed by atoms with Gasteiger partial charge in [-0.2, -0.15) is 0 Å². The van der Waals surface area contributed by atoms with E-state index >= 15 is 0 Å². The molecular formula is C50H33NS. The molecular weight excluding hydrogens is 647 g/mol. The highest BCUT2D eigenvalue weighted by atomic mass is 32.1. The molecule has 0 aliphatic carbocycles. The Morgan fingerprint density at radius 2 is 0.885 bits per heavy atom. The molecule has 2 heteroatoms. The van der Waals surface area contributed by atoms with Crippen LogP contribution in [0.25, 0.3) is 75.1 Å². The lowest BCUT2D eigenvalue weighted by atomic mass is 9.95. The van der Waals surface area contributed by atoms with Crippen molar-refractivity contribution < 1.29 is 0 Å². The maximum Gasteiger partial charge on any atom is 0.0540 e. The molecule has 244 valence electrons. The van der Waals surface area contributed by atoms with E-state index in [1.165, 1.54) is 75.1 Å². The van der Waals surface area contributed by atoms with E-state index in [0.29, 0.717) is 0 Å². The zero-order chi connectivity index (χ0) is 34.4. The molecule has 0 fully saturated rings. The molecule has 0 saturated carbocycles. The quantitative estimate of drug-likeness (QED) is 0.169. The molecule has 52 heavy (non-hydrogen) atoms. The molecule has 0 bridgehead atoms. The van der Waals surface area contributed by atoms with Gasteiger partial charge in [0.05, 0.1) is 5.69 Å². The van der Waals surface area contributed by atoms with Gasteiger partial charge in [-0.25, -0.2) is 0 Å². The van der Waals surface area contributed by atoms with Crippen LogP contribution in [0.15, 0.2) is 200 Å². The Bertz CT molecular complexity index is 2910. The summed E-state index contributed by atoms with van der Waals surface area (Å²) in [6.07, 6.45) is 0. The van der Waals surface area contributed by atoms with Gasteiger partial charge in [0, 0.05) is 37.1 Å². The van der Waals surface area contributed by atoms with Crippen molar-refractivity contribution in [2.24, 2.45) is 0 Å². The van der Waals surface area contributed by atoms with Crippen LogP contribution in [0.3, 0.4) is 0 Å². The van der Waals surface area contributed by atoms with Crippen molar-refractivity contribution in [3.63, 3.8) is 0 Å². The van der Waals surface area contributed by atoms with Crippen molar-refractivity contribution in [1.82, 2.24) is 0 Å². The van der Waals surface area contributed by atoms with Gasteiger partial charge in [-0.3, -0.25) is 0 Å². The Hall–Kier alpha value is -6.48. The van der Waals surface area contributed by atoms with Crippen LogP contribution in [-0.2, 0) is 0 Å². The van der Waals surface area contributed by atoms with Crippen LogP contribution < -0.4 is 4.90 Å². The topological polar surface area (TPSA) is 3.24 Å². The number of nitrogens with zero attached hydrogens (tertiary/aromatic N) is 1. The van der Waals surface area contributed by atoms with Gasteiger partial charge >= 0.3 is 0 Å². The third kappa shape index (κ3) is 5.16. The predicted molar refractivity (Wildman–Crippen MR) is 225 cm³/mol. The molecule has 0 spiro atoms. The Kier molecular flexibility index (Phi) is 7.41. The van der Waals surface area contributed by atoms with Crippen LogP contribution in [0.1, 0.15) is 0 Å². The first-order chi connectivity index (χ1) is 25.8. The van der Waals surface area contributed by atoms with E-state index in [4.69, 9.17) is 0 Å². The maximum atomic E-state index is 2.43. The van der Waals surface area contributed by atoms with E-state index in [-0.39, 0.29) is 0 Å². The van der Waals surface area contributed by atoms with Crippen LogP contribution in [0, 0.1) is 0 Å². The molecule has 9 aromatic carbocycles. The van der Waals surface area contributed by atoms with Gasteiger partial charge < -0.3 is 4.90 Å². The van der Waals surface area contributed by atoms with E-state index < -0.39 is 0 Å². The Morgan fingerprint density at radius 3 is 1.69 bits per heavy atom. The minimum Gasteiger partial charge on any atom is -0.310 e. The van der Waals surface area contributed by atoms with Crippen LogP contribution in [-0.4, -0.2) is 0 Å². The van der Waals surface area contributed by atoms with Crippen molar-refractivity contribution >= 4 is 70.1 Å². The first-order valence-corrected chi connectivity index (χ1v) is 18.6. The molecule has 0 unspecified atom stereocenters. The highest BCUT2D eigenvalue weighted by Gasteiger charge is 2.20. The van der Waals surface area contributed by atoms with Gasteiger partial charge in [0.2, 0.25) is 0 Å². The number of hydrogen-bond donors (Lipinski definition) is 0. The van der Waals surface area contributed by atoms with E-state index in [1.54, 1.807) is 0 Å². The fraction of sp³-hybridized carbons (Fsp3) is 0. The fourth-order valence-electron chi connectivity index (χ4n) is 7.88. The van der Waals surface area contributed by atoms with Gasteiger partial charge in [0.1, 0.15) is 0 Å². The van der Waals surface area contributed by atoms with E-state index in [0.717, 1.165) is 17.1 Å². The minimum atomic E-state index is 1.11. The molecule has 0 atom stereocenters. The Morgan fingerprint density at radius 1 is 0.327 bits per heavy atom. The van der Waals surface area contributed by atoms with Crippen molar-refractivity contribution in [2.75, 3.05) is 4.90 Å². The lowest BCUT2D eigenvalue weighted by molar-refractivity contribution is 1.28. The smallest absolute Gasteiger partial charge is 0.0540 e. The predicted octanol–water partition coefficient (Wildman–Crippen LogP) is 14.8. The fourth-order valence-corrected chi connectivity index (χ4v) is 9.01. The van der Waals surface area contributed by atoms with E-state index in [9.17, 15) is 0 Å². The number of hydrogen-bond acceptors (Lipinski definition) is 2. The zero-order valence-corrected chi connectivity index (χ0v) is 29.2. The highest BCUT2D eigenvalue weighted by molar-refractivity contribution is 7.25. The normalized spacial score (nSPS) is 11.5. The number of benzene rings is 9. The summed E-state index contributed by atoms with van der Waals surface area (Å²) in [4.78, 5) is 2.43. The molecule has 10 aromatic rings. The van der Waals surface area contributed by atoms with Crippen LogP contribution in [0.2, 0.25) is 0 Å². The molecule has 10 rings (SSSR count). The van der Waals surface area contributed by atoms with Crippen molar-refractivity contribution in [3.8, 4) is 33.4 Å². The van der Waals surface area contributed by atoms with Gasteiger partial charge in [0.25, 0.3) is 0 Å². The summed E-state index contributed by atoms with van der Waals surface area (Å²) in [6.45, 7) is 0. The Labute approximate surface area is 307 Å². The van der Waals surface area contributed by atoms with Gasteiger partial charge in [0.15, 0.2) is 0 Å². The molecule has 0 saturated heterocycles. The second-order valence-electron chi connectivity index (χ2n) is 13.3. The number of anilines is 3. The second-order valence-corrected chi connectivity index (χ2v) is 14.4. The molecule has 1 nitrogen and oxygen atoms in total. The number of fused-ring (bicyclic) bond motifs is 5. The van der Waals surface area contributed by atoms with Gasteiger partial charge in [-0.1, -0.05) is 158 Å². The number of para-hydroxylation sites is 1. The summed E-state index contributed by atoms with van der Waals surface area (Å²) >= 11 is 1.87. The molecule has 0 amide bonds. The lowest BCUT2D eigenvalue weighted by Gasteiger charge is -2.29. The van der Waals surface area contributed by atoms with Crippen molar-refractivity contribution in [2.45, 2.75) is 0 Å². The number of rotatable bonds is 6. The van der Waals surface area contributed by atoms with Crippen molar-refractivity contribution in [3.05, 3.63) is 200 Å². The zero-order valence-electron chi connectivity index (χ0n) is 28.4. The van der Waals surface area contributed by atoms with Crippen LogP contribution in [0.5, 0.6) is 0 Å². The highest BCUT2D eigenvalue weighted by Crippen LogP contribution is 2.45. The van der Waals surface area contributed by atoms with Crippen LogP contribution >= 0.6 is 11.3 Å². The Balaban J connectivity index is 1.17. The van der Waals surface area contributed by atoms with Gasteiger partial charge in [-0.15, -0.1) is 11.3 Å². The number of thiophene rings is 1. The van der Waals surface area contributed by atoms with E-state index in [1.807, 2.05) is 11.3 Å². The summed E-state index contributed by atoms with van der Waals surface area (Å²) in [6, 6.07) is 73.0. The first kappa shape index (κ1) is 30.4. The van der Waals surface area contributed by atoms with Crippen LogP contribution in [0.4, 0.5) is 17.1 Å². The minimum absolute atomic E-state index is 1.11. The molecule has 0 N–H and O–H groups in total. The maximum absolute atomic E-state index is 2.43. The average molecular weight is 680 g/mol. The molecule has 1 heterocycles. The standard InChI is InChI=1S/C50H33NS/c1-3-19-40-34(13-1)15-10-23-42(40)37-17-9-18-39(33-37)51(47-26-7-5-21-45(47)44-25-11-16-35-14-2-4-20-41(35)44)38-31-29-36(30-32-38)43-24-12-28-49-50(43)46-22-6-8-27-48(46)52-49/h1-33H. The molecule has 0 aliphatic heterocycles. The largest absolute Gasteiger partial charge is 0.310 e. The summed E-state index contributed by atoms with van der Waals surface area (Å²) < 4.78 is 2.64. The summed E-state index contributed by atoms with van der Waals surface area (Å²) in [7, 11) is 0. The molecule has 0 radical (unpaired) electrons. The average Bonchev–Trinajstić information content (AvgIpc) is 3.60. The van der Waals surface area contributed by atoms with E-state index in [2.05, 4.69) is 205 Å². The lowest BCUT2D eigenvalue weighted by Crippen LogP contribution is -2.11. The SMILES string of the molecule is c1cc(-c2cccc3ccccc23)cc(N(c2ccc(-c3cccc4sc5ccccc5c34)cc2)c2ccccc2-c2cccc3ccccc23)c1. The molecule has 0 aliphatic rings. The third-order valence-electron chi connectivity index (χ3n) is 10.3. The monoisotopic (exact) mass is 679 g/mol. The summed E-state index contributed by atoms with van der Waals surface area (Å²) in [5.74, 6) is 0.